The van der Waals surface area contributed by atoms with Gasteiger partial charge >= 0.3 is 5.97 Å². The molecule has 0 aromatic heterocycles. The number of benzene rings is 2. The van der Waals surface area contributed by atoms with E-state index in [0.29, 0.717) is 23.7 Å². The molecule has 0 bridgehead atoms. The predicted octanol–water partition coefficient (Wildman–Crippen LogP) is 2.40. The van der Waals surface area contributed by atoms with Crippen molar-refractivity contribution in [1.29, 1.82) is 0 Å². The summed E-state index contributed by atoms with van der Waals surface area (Å²) in [6, 6.07) is 14.6. The van der Waals surface area contributed by atoms with Gasteiger partial charge in [0.2, 0.25) is 0 Å². The third-order valence-electron chi connectivity index (χ3n) is 3.07. The number of aliphatic hydroxyl groups is 1. The maximum atomic E-state index is 10.5. The van der Waals surface area contributed by atoms with E-state index in [2.05, 4.69) is 5.92 Å². The van der Waals surface area contributed by atoms with Crippen molar-refractivity contribution in [3.8, 4) is 23.3 Å². The molecule has 1 atom stereocenters. The molecular weight excluding hydrogens is 296 g/mol. The van der Waals surface area contributed by atoms with E-state index in [1.54, 1.807) is 18.2 Å². The molecule has 0 spiro atoms. The van der Waals surface area contributed by atoms with Crippen molar-refractivity contribution in [1.82, 2.24) is 0 Å². The molecule has 5 heteroatoms. The lowest BCUT2D eigenvalue weighted by Crippen LogP contribution is -2.05. The van der Waals surface area contributed by atoms with Crippen molar-refractivity contribution in [3.63, 3.8) is 0 Å². The van der Waals surface area contributed by atoms with Gasteiger partial charge in [0, 0.05) is 5.92 Å². The smallest absolute Gasteiger partial charge is 0.382 e. The van der Waals surface area contributed by atoms with Crippen LogP contribution in [0.15, 0.2) is 48.5 Å². The summed E-state index contributed by atoms with van der Waals surface area (Å²) in [5.41, 5.74) is 1.27. The third-order valence-corrected chi connectivity index (χ3v) is 3.07. The van der Waals surface area contributed by atoms with Gasteiger partial charge in [-0.25, -0.2) is 4.79 Å². The van der Waals surface area contributed by atoms with Crippen LogP contribution in [0.3, 0.4) is 0 Å². The Morgan fingerprint density at radius 2 is 1.83 bits per heavy atom. The molecule has 0 aliphatic rings. The van der Waals surface area contributed by atoms with Crippen LogP contribution in [-0.2, 0) is 11.4 Å². The summed E-state index contributed by atoms with van der Waals surface area (Å²) in [5.74, 6) is 3.61. The SMILES string of the molecule is COc1cccc(OCc2ccccc2)c1C(O)C#CC(=O)O. The molecule has 118 valence electrons. The van der Waals surface area contributed by atoms with Gasteiger partial charge in [-0.05, 0) is 17.7 Å². The zero-order valence-corrected chi connectivity index (χ0v) is 12.5. The second-order valence-corrected chi connectivity index (χ2v) is 4.62. The summed E-state index contributed by atoms with van der Waals surface area (Å²) < 4.78 is 10.9. The minimum absolute atomic E-state index is 0.305. The standard InChI is InChI=1S/C18H16O5/c1-22-15-8-5-9-16(18(15)14(19)10-11-17(20)21)23-12-13-6-3-2-4-7-13/h2-9,14,19H,12H2,1H3,(H,20,21). The molecule has 23 heavy (non-hydrogen) atoms. The molecule has 2 aromatic carbocycles. The highest BCUT2D eigenvalue weighted by atomic mass is 16.5. The van der Waals surface area contributed by atoms with E-state index in [-0.39, 0.29) is 0 Å². The van der Waals surface area contributed by atoms with Crippen LogP contribution in [0.4, 0.5) is 0 Å². The van der Waals surface area contributed by atoms with E-state index in [0.717, 1.165) is 5.56 Å². The minimum atomic E-state index is -1.33. The molecule has 0 fully saturated rings. The van der Waals surface area contributed by atoms with Crippen LogP contribution in [0.1, 0.15) is 17.2 Å². The average molecular weight is 312 g/mol. The van der Waals surface area contributed by atoms with E-state index < -0.39 is 12.1 Å². The van der Waals surface area contributed by atoms with Gasteiger partial charge < -0.3 is 19.7 Å². The molecule has 0 amide bonds. The van der Waals surface area contributed by atoms with E-state index in [4.69, 9.17) is 14.6 Å². The third kappa shape index (κ3) is 4.50. The Bertz CT molecular complexity index is 728. The first kappa shape index (κ1) is 16.4. The van der Waals surface area contributed by atoms with Gasteiger partial charge in [-0.15, -0.1) is 0 Å². The number of ether oxygens (including phenoxy) is 2. The van der Waals surface area contributed by atoms with Crippen LogP contribution >= 0.6 is 0 Å². The average Bonchev–Trinajstić information content (AvgIpc) is 2.58. The largest absolute Gasteiger partial charge is 0.496 e. The number of carbonyl (C=O) groups is 1. The highest BCUT2D eigenvalue weighted by molar-refractivity contribution is 5.86. The Hall–Kier alpha value is -2.97. The zero-order valence-electron chi connectivity index (χ0n) is 12.5. The Labute approximate surface area is 134 Å². The molecule has 2 N–H and O–H groups in total. The normalized spacial score (nSPS) is 11.0. The van der Waals surface area contributed by atoms with Gasteiger partial charge in [-0.3, -0.25) is 0 Å². The molecule has 0 saturated carbocycles. The lowest BCUT2D eigenvalue weighted by molar-refractivity contribution is -0.130. The molecule has 0 radical (unpaired) electrons. The first-order valence-electron chi connectivity index (χ1n) is 6.88. The minimum Gasteiger partial charge on any atom is -0.496 e. The molecule has 0 aliphatic carbocycles. The van der Waals surface area contributed by atoms with Crippen LogP contribution in [0.2, 0.25) is 0 Å². The number of rotatable bonds is 5. The maximum absolute atomic E-state index is 10.5. The summed E-state index contributed by atoms with van der Waals surface area (Å²) in [6.45, 7) is 0.306. The molecule has 5 nitrogen and oxygen atoms in total. The lowest BCUT2D eigenvalue weighted by atomic mass is 10.1. The van der Waals surface area contributed by atoms with Crippen LogP contribution in [0.25, 0.3) is 0 Å². The fraction of sp³-hybridized carbons (Fsp3) is 0.167. The first-order chi connectivity index (χ1) is 11.1. The lowest BCUT2D eigenvalue weighted by Gasteiger charge is -2.16. The molecule has 0 heterocycles. The van der Waals surface area contributed by atoms with Gasteiger partial charge in [-0.1, -0.05) is 42.3 Å². The van der Waals surface area contributed by atoms with E-state index in [1.165, 1.54) is 7.11 Å². The molecular formula is C18H16O5. The molecule has 2 rings (SSSR count). The highest BCUT2D eigenvalue weighted by Gasteiger charge is 2.17. The number of aliphatic hydroxyl groups excluding tert-OH is 1. The Morgan fingerprint density at radius 1 is 1.13 bits per heavy atom. The number of carboxylic acid groups (broad SMARTS) is 1. The maximum Gasteiger partial charge on any atom is 0.382 e. The van der Waals surface area contributed by atoms with Crippen molar-refractivity contribution < 1.29 is 24.5 Å². The molecule has 1 unspecified atom stereocenters. The fourth-order valence-corrected chi connectivity index (χ4v) is 2.03. The predicted molar refractivity (Wildman–Crippen MR) is 84.1 cm³/mol. The monoisotopic (exact) mass is 312 g/mol. The summed E-state index contributed by atoms with van der Waals surface area (Å²) in [5, 5.41) is 18.8. The number of hydrogen-bond donors (Lipinski definition) is 2. The Balaban J connectivity index is 2.28. The quantitative estimate of drug-likeness (QED) is 0.829. The van der Waals surface area contributed by atoms with Gasteiger partial charge in [0.1, 0.15) is 24.2 Å². The van der Waals surface area contributed by atoms with Crippen molar-refractivity contribution in [2.45, 2.75) is 12.7 Å². The summed E-state index contributed by atoms with van der Waals surface area (Å²) in [4.78, 5) is 10.5. The van der Waals surface area contributed by atoms with Crippen molar-refractivity contribution in [3.05, 3.63) is 59.7 Å². The van der Waals surface area contributed by atoms with Crippen LogP contribution in [-0.4, -0.2) is 23.3 Å². The van der Waals surface area contributed by atoms with E-state index in [9.17, 15) is 9.90 Å². The summed E-state index contributed by atoms with van der Waals surface area (Å²) in [6.07, 6.45) is -1.33. The van der Waals surface area contributed by atoms with Crippen LogP contribution in [0, 0.1) is 11.8 Å². The summed E-state index contributed by atoms with van der Waals surface area (Å²) >= 11 is 0. The summed E-state index contributed by atoms with van der Waals surface area (Å²) in [7, 11) is 1.46. The highest BCUT2D eigenvalue weighted by Crippen LogP contribution is 2.34. The first-order valence-corrected chi connectivity index (χ1v) is 6.88. The zero-order chi connectivity index (χ0) is 16.7. The fourth-order valence-electron chi connectivity index (χ4n) is 2.03. The molecule has 2 aromatic rings. The van der Waals surface area contributed by atoms with Crippen LogP contribution < -0.4 is 9.47 Å². The number of carboxylic acids is 1. The topological polar surface area (TPSA) is 76.0 Å². The van der Waals surface area contributed by atoms with Crippen molar-refractivity contribution in [2.24, 2.45) is 0 Å². The number of hydrogen-bond acceptors (Lipinski definition) is 4. The second-order valence-electron chi connectivity index (χ2n) is 4.62. The molecule has 0 aliphatic heterocycles. The van der Waals surface area contributed by atoms with Gasteiger partial charge in [0.25, 0.3) is 0 Å². The Morgan fingerprint density at radius 3 is 2.48 bits per heavy atom. The number of aliphatic carboxylic acids is 1. The van der Waals surface area contributed by atoms with Gasteiger partial charge in [0.05, 0.1) is 12.7 Å². The van der Waals surface area contributed by atoms with Crippen molar-refractivity contribution >= 4 is 5.97 Å². The van der Waals surface area contributed by atoms with Crippen LogP contribution in [0.5, 0.6) is 11.5 Å². The number of methoxy groups -OCH3 is 1. The van der Waals surface area contributed by atoms with E-state index in [1.807, 2.05) is 36.3 Å². The van der Waals surface area contributed by atoms with Gasteiger partial charge in [0.15, 0.2) is 0 Å². The van der Waals surface area contributed by atoms with E-state index >= 15 is 0 Å². The molecule has 0 saturated heterocycles. The van der Waals surface area contributed by atoms with Gasteiger partial charge in [-0.2, -0.15) is 0 Å². The van der Waals surface area contributed by atoms with Crippen molar-refractivity contribution in [2.75, 3.05) is 7.11 Å². The second kappa shape index (κ2) is 7.87. The Kier molecular flexibility index (Phi) is 5.61.